The van der Waals surface area contributed by atoms with Crippen molar-refractivity contribution in [2.75, 3.05) is 13.7 Å². The highest BCUT2D eigenvalue weighted by Crippen LogP contribution is 2.39. The summed E-state index contributed by atoms with van der Waals surface area (Å²) in [4.78, 5) is 0. The molecule has 0 spiro atoms. The van der Waals surface area contributed by atoms with Crippen molar-refractivity contribution in [2.45, 2.75) is 117 Å². The zero-order valence-electron chi connectivity index (χ0n) is 23.2. The fourth-order valence-electron chi connectivity index (χ4n) is 3.98. The Kier molecular flexibility index (Phi) is 13.5. The Hall–Kier alpha value is -0.246. The summed E-state index contributed by atoms with van der Waals surface area (Å²) in [5.41, 5.74) is 1.18. The zero-order valence-corrected chi connectivity index (χ0v) is 25.2. The fraction of sp³-hybridized carbons (Fsp3) is 0.846. The van der Waals surface area contributed by atoms with E-state index in [0.29, 0.717) is 0 Å². The summed E-state index contributed by atoms with van der Waals surface area (Å²) in [5.74, 6) is 0.164. The van der Waals surface area contributed by atoms with Crippen molar-refractivity contribution in [3.05, 3.63) is 24.3 Å². The Morgan fingerprint density at radius 3 is 1.88 bits per heavy atom. The maximum Gasteiger partial charge on any atom is 0.192 e. The van der Waals surface area contributed by atoms with Crippen LogP contribution in [0.4, 0.5) is 0 Å². The molecular formula is C26H54O4Si2. The van der Waals surface area contributed by atoms with Crippen LogP contribution in [0.2, 0.25) is 36.3 Å². The highest BCUT2D eigenvalue weighted by atomic mass is 28.4. The van der Waals surface area contributed by atoms with E-state index in [0.717, 1.165) is 18.1 Å². The summed E-state index contributed by atoms with van der Waals surface area (Å²) in [5, 5.41) is 10.1. The van der Waals surface area contributed by atoms with Crippen LogP contribution in [-0.4, -0.2) is 53.8 Å². The van der Waals surface area contributed by atoms with Crippen molar-refractivity contribution in [1.82, 2.24) is 0 Å². The van der Waals surface area contributed by atoms with Gasteiger partial charge in [0, 0.05) is 25.6 Å². The van der Waals surface area contributed by atoms with Gasteiger partial charge in [0.25, 0.3) is 0 Å². The van der Waals surface area contributed by atoms with Crippen molar-refractivity contribution in [3.8, 4) is 0 Å². The Morgan fingerprint density at radius 2 is 1.53 bits per heavy atom. The van der Waals surface area contributed by atoms with E-state index in [2.05, 4.69) is 88.1 Å². The number of hydrogen-bond acceptors (Lipinski definition) is 4. The van der Waals surface area contributed by atoms with Crippen molar-refractivity contribution in [1.29, 1.82) is 0 Å². The first-order valence-electron chi connectivity index (χ1n) is 12.5. The second-order valence-electron chi connectivity index (χ2n) is 11.0. The van der Waals surface area contributed by atoms with Gasteiger partial charge in [0.05, 0.1) is 12.2 Å². The zero-order chi connectivity index (χ0) is 25.3. The van der Waals surface area contributed by atoms with Gasteiger partial charge in [-0.1, -0.05) is 67.5 Å². The van der Waals surface area contributed by atoms with Crippen LogP contribution in [0.25, 0.3) is 0 Å². The number of aliphatic hydroxyl groups excluding tert-OH is 1. The van der Waals surface area contributed by atoms with Crippen LogP contribution in [0.15, 0.2) is 24.3 Å². The maximum absolute atomic E-state index is 9.97. The minimum atomic E-state index is -2.01. The molecular weight excluding hydrogens is 432 g/mol. The van der Waals surface area contributed by atoms with E-state index in [1.807, 2.05) is 6.08 Å². The highest BCUT2D eigenvalue weighted by Gasteiger charge is 2.42. The van der Waals surface area contributed by atoms with Gasteiger partial charge in [-0.25, -0.2) is 0 Å². The van der Waals surface area contributed by atoms with Crippen molar-refractivity contribution >= 4 is 16.6 Å². The topological polar surface area (TPSA) is 47.9 Å². The largest absolute Gasteiger partial charge is 0.410 e. The van der Waals surface area contributed by atoms with Gasteiger partial charge < -0.3 is 18.7 Å². The third-order valence-electron chi connectivity index (χ3n) is 7.67. The monoisotopic (exact) mass is 486 g/mol. The molecule has 190 valence electrons. The van der Waals surface area contributed by atoms with Crippen LogP contribution in [0.5, 0.6) is 0 Å². The molecule has 0 aromatic heterocycles. The van der Waals surface area contributed by atoms with Gasteiger partial charge in [-0.2, -0.15) is 0 Å². The molecule has 0 aliphatic heterocycles. The van der Waals surface area contributed by atoms with Crippen LogP contribution in [0.1, 0.15) is 62.3 Å². The lowest BCUT2D eigenvalue weighted by atomic mass is 9.92. The second-order valence-corrected chi connectivity index (χ2v) is 20.5. The molecule has 4 nitrogen and oxygen atoms in total. The van der Waals surface area contributed by atoms with Gasteiger partial charge in [-0.3, -0.25) is 0 Å². The van der Waals surface area contributed by atoms with E-state index in [9.17, 15) is 5.11 Å². The van der Waals surface area contributed by atoms with Crippen molar-refractivity contribution in [3.63, 3.8) is 0 Å². The smallest absolute Gasteiger partial charge is 0.192 e. The molecule has 0 aliphatic rings. The van der Waals surface area contributed by atoms with Crippen LogP contribution < -0.4 is 0 Å². The number of aliphatic hydroxyl groups is 1. The Balaban J connectivity index is 6.12. The molecule has 0 aliphatic carbocycles. The lowest BCUT2D eigenvalue weighted by Gasteiger charge is -2.42. The quantitative estimate of drug-likeness (QED) is 0.197. The molecule has 0 saturated carbocycles. The van der Waals surface area contributed by atoms with Crippen LogP contribution in [0.3, 0.4) is 0 Å². The standard InChI is InChI=1S/C26H54O4Si2/c1-14-23(28-11)25(29-31(12,13)26(8,9)10)21(6)18-20(5)24(22(7)19-27)30-32(15-2,16-3)17-4/h14,18,21-25,27H,1,15-17,19H2,2-13H3/b20-18-/t21-,22-,23+,24+,25?/m1/s1. The molecule has 0 bridgehead atoms. The van der Waals surface area contributed by atoms with E-state index in [4.69, 9.17) is 13.6 Å². The van der Waals surface area contributed by atoms with Crippen molar-refractivity contribution < 1.29 is 18.7 Å². The lowest BCUT2D eigenvalue weighted by Crippen LogP contribution is -2.49. The predicted molar refractivity (Wildman–Crippen MR) is 144 cm³/mol. The van der Waals surface area contributed by atoms with E-state index in [1.165, 1.54) is 5.57 Å². The Bertz CT molecular complexity index is 571. The Morgan fingerprint density at radius 1 is 1.03 bits per heavy atom. The number of hydrogen-bond donors (Lipinski definition) is 1. The molecule has 1 N–H and O–H groups in total. The van der Waals surface area contributed by atoms with Crippen LogP contribution in [-0.2, 0) is 13.6 Å². The summed E-state index contributed by atoms with van der Waals surface area (Å²) in [6.45, 7) is 28.6. The molecule has 1 unspecified atom stereocenters. The van der Waals surface area contributed by atoms with Gasteiger partial charge in [-0.05, 0) is 48.8 Å². The predicted octanol–water partition coefficient (Wildman–Crippen LogP) is 7.18. The molecule has 0 heterocycles. The van der Waals surface area contributed by atoms with Crippen LogP contribution in [0, 0.1) is 11.8 Å². The average Bonchev–Trinajstić information content (AvgIpc) is 2.73. The van der Waals surface area contributed by atoms with Crippen LogP contribution >= 0.6 is 0 Å². The molecule has 0 aromatic carbocycles. The molecule has 5 atom stereocenters. The first kappa shape index (κ1) is 31.8. The molecule has 0 rings (SSSR count). The second kappa shape index (κ2) is 13.6. The number of rotatable bonds is 15. The SMILES string of the molecule is C=C[C@H](OC)C(O[Si](C)(C)C(C)(C)C)[C@H](C)/C=C(/C)[C@H](O[Si](CC)(CC)CC)[C@H](C)CO. The molecule has 32 heavy (non-hydrogen) atoms. The van der Waals surface area contributed by atoms with Gasteiger partial charge >= 0.3 is 0 Å². The normalized spacial score (nSPS) is 18.7. The van der Waals surface area contributed by atoms with Gasteiger partial charge in [0.2, 0.25) is 0 Å². The molecule has 0 fully saturated rings. The number of ether oxygens (including phenoxy) is 1. The number of methoxy groups -OCH3 is 1. The summed E-state index contributed by atoms with van der Waals surface area (Å²) < 4.78 is 19.5. The highest BCUT2D eigenvalue weighted by molar-refractivity contribution is 6.74. The Labute approximate surface area is 202 Å². The van der Waals surface area contributed by atoms with Gasteiger partial charge in [0.1, 0.15) is 6.10 Å². The minimum Gasteiger partial charge on any atom is -0.410 e. The minimum absolute atomic E-state index is 0.0485. The third kappa shape index (κ3) is 8.51. The maximum atomic E-state index is 9.97. The van der Waals surface area contributed by atoms with E-state index in [1.54, 1.807) is 7.11 Å². The lowest BCUT2D eigenvalue weighted by molar-refractivity contribution is 0.00560. The van der Waals surface area contributed by atoms with Gasteiger partial charge in [0.15, 0.2) is 16.6 Å². The molecule has 0 saturated heterocycles. The fourth-order valence-corrected chi connectivity index (χ4v) is 8.32. The van der Waals surface area contributed by atoms with E-state index in [-0.39, 0.29) is 41.8 Å². The van der Waals surface area contributed by atoms with E-state index >= 15 is 0 Å². The first-order valence-corrected chi connectivity index (χ1v) is 17.9. The first-order chi connectivity index (χ1) is 14.7. The molecule has 0 radical (unpaired) electrons. The van der Waals surface area contributed by atoms with Gasteiger partial charge in [-0.15, -0.1) is 6.58 Å². The molecule has 6 heteroatoms. The summed E-state index contributed by atoms with van der Waals surface area (Å²) in [7, 11) is -2.10. The third-order valence-corrected chi connectivity index (χ3v) is 16.8. The summed E-state index contributed by atoms with van der Waals surface area (Å²) in [6, 6.07) is 3.28. The summed E-state index contributed by atoms with van der Waals surface area (Å²) in [6.07, 6.45) is 3.75. The molecule has 0 amide bonds. The average molecular weight is 487 g/mol. The summed E-state index contributed by atoms with van der Waals surface area (Å²) >= 11 is 0. The van der Waals surface area contributed by atoms with Crippen molar-refractivity contribution in [2.24, 2.45) is 11.8 Å². The molecule has 0 aromatic rings. The van der Waals surface area contributed by atoms with E-state index < -0.39 is 16.6 Å².